The molecule has 1 aromatic heterocycles. The van der Waals surface area contributed by atoms with E-state index in [1.807, 2.05) is 18.2 Å². The van der Waals surface area contributed by atoms with Gasteiger partial charge >= 0.3 is 0 Å². The van der Waals surface area contributed by atoms with Crippen molar-refractivity contribution in [2.24, 2.45) is 0 Å². The van der Waals surface area contributed by atoms with E-state index in [4.69, 9.17) is 4.74 Å². The lowest BCUT2D eigenvalue weighted by molar-refractivity contribution is -0.123. The molecule has 0 unspecified atom stereocenters. The number of amides is 1. The highest BCUT2D eigenvalue weighted by molar-refractivity contribution is 7.89. The standard InChI is InChI=1S/C22H20N4O4S2/c1-30-18-12-6-5-10-16(18)14-23-22(27)20(15-8-3-2-4-9-15)26-32(28,29)19-13-7-11-17-21(19)25-31-24-17/h2-13,20,26H,14H2,1H3,(H,23,27)/t20-/m1/s1. The van der Waals surface area contributed by atoms with E-state index in [-0.39, 0.29) is 17.0 Å². The van der Waals surface area contributed by atoms with Crippen molar-refractivity contribution >= 4 is 38.7 Å². The number of rotatable bonds is 8. The maximum absolute atomic E-state index is 13.2. The van der Waals surface area contributed by atoms with Gasteiger partial charge < -0.3 is 10.1 Å². The summed E-state index contributed by atoms with van der Waals surface area (Å²) in [6.45, 7) is 0.180. The Kier molecular flexibility index (Phi) is 6.45. The second kappa shape index (κ2) is 9.43. The van der Waals surface area contributed by atoms with Gasteiger partial charge in [-0.2, -0.15) is 13.5 Å². The second-order valence-corrected chi connectivity index (χ2v) is 9.09. The Morgan fingerprint density at radius 3 is 2.53 bits per heavy atom. The molecule has 0 bridgehead atoms. The van der Waals surface area contributed by atoms with Crippen LogP contribution in [0.1, 0.15) is 17.2 Å². The molecule has 0 saturated carbocycles. The lowest BCUT2D eigenvalue weighted by Gasteiger charge is -2.19. The number of carbonyl (C=O) groups excluding carboxylic acids is 1. The van der Waals surface area contributed by atoms with Crippen molar-refractivity contribution in [3.05, 3.63) is 83.9 Å². The maximum Gasteiger partial charge on any atom is 0.243 e. The number of methoxy groups -OCH3 is 1. The van der Waals surface area contributed by atoms with Gasteiger partial charge in [-0.05, 0) is 23.8 Å². The fourth-order valence-electron chi connectivity index (χ4n) is 3.27. The molecular formula is C22H20N4O4S2. The van der Waals surface area contributed by atoms with Crippen LogP contribution in [0.5, 0.6) is 5.75 Å². The van der Waals surface area contributed by atoms with Crippen LogP contribution in [0.3, 0.4) is 0 Å². The Morgan fingerprint density at radius 2 is 1.75 bits per heavy atom. The van der Waals surface area contributed by atoms with Crippen LogP contribution in [0.2, 0.25) is 0 Å². The molecule has 4 aromatic rings. The molecule has 0 spiro atoms. The first-order chi connectivity index (χ1) is 15.5. The van der Waals surface area contributed by atoms with Gasteiger partial charge in [0.25, 0.3) is 0 Å². The Bertz CT molecular complexity index is 1340. The number of hydrogen-bond donors (Lipinski definition) is 2. The molecule has 0 fully saturated rings. The topological polar surface area (TPSA) is 110 Å². The van der Waals surface area contributed by atoms with Crippen LogP contribution in [0.15, 0.2) is 77.7 Å². The molecule has 4 rings (SSSR count). The highest BCUT2D eigenvalue weighted by Gasteiger charge is 2.29. The highest BCUT2D eigenvalue weighted by atomic mass is 32.2. The molecule has 1 heterocycles. The number of para-hydroxylation sites is 1. The minimum atomic E-state index is -4.08. The molecule has 0 saturated heterocycles. The Balaban J connectivity index is 1.62. The van der Waals surface area contributed by atoms with Crippen molar-refractivity contribution in [2.45, 2.75) is 17.5 Å². The summed E-state index contributed by atoms with van der Waals surface area (Å²) in [5, 5.41) is 2.81. The van der Waals surface area contributed by atoms with Crippen LogP contribution in [-0.4, -0.2) is 30.2 Å². The first-order valence-electron chi connectivity index (χ1n) is 9.68. The zero-order valence-corrected chi connectivity index (χ0v) is 18.7. The quantitative estimate of drug-likeness (QED) is 0.411. The molecule has 0 aliphatic carbocycles. The van der Waals surface area contributed by atoms with E-state index in [0.717, 1.165) is 17.3 Å². The van der Waals surface area contributed by atoms with Crippen molar-refractivity contribution in [1.82, 2.24) is 18.8 Å². The number of fused-ring (bicyclic) bond motifs is 1. The molecule has 10 heteroatoms. The third-order valence-electron chi connectivity index (χ3n) is 4.85. The number of hydrogen-bond acceptors (Lipinski definition) is 7. The van der Waals surface area contributed by atoms with Gasteiger partial charge in [-0.1, -0.05) is 54.6 Å². The summed E-state index contributed by atoms with van der Waals surface area (Å²) in [4.78, 5) is 13.1. The fraction of sp³-hybridized carbons (Fsp3) is 0.136. The van der Waals surface area contributed by atoms with Gasteiger partial charge in [0, 0.05) is 12.1 Å². The lowest BCUT2D eigenvalue weighted by Crippen LogP contribution is -2.40. The predicted molar refractivity (Wildman–Crippen MR) is 122 cm³/mol. The van der Waals surface area contributed by atoms with E-state index in [1.165, 1.54) is 6.07 Å². The van der Waals surface area contributed by atoms with Gasteiger partial charge in [0.05, 0.1) is 18.8 Å². The molecule has 8 nitrogen and oxygen atoms in total. The summed E-state index contributed by atoms with van der Waals surface area (Å²) >= 11 is 0.931. The molecule has 0 aliphatic heterocycles. The minimum absolute atomic E-state index is 0.0257. The predicted octanol–water partition coefficient (Wildman–Crippen LogP) is 3.04. The average Bonchev–Trinajstić information content (AvgIpc) is 3.30. The zero-order chi connectivity index (χ0) is 22.6. The highest BCUT2D eigenvalue weighted by Crippen LogP contribution is 2.24. The van der Waals surface area contributed by atoms with Gasteiger partial charge in [0.1, 0.15) is 27.7 Å². The van der Waals surface area contributed by atoms with Gasteiger partial charge in [0.2, 0.25) is 15.9 Å². The Hall–Kier alpha value is -3.34. The van der Waals surface area contributed by atoms with E-state index in [1.54, 1.807) is 55.6 Å². The maximum atomic E-state index is 13.2. The molecule has 0 radical (unpaired) electrons. The lowest BCUT2D eigenvalue weighted by atomic mass is 10.1. The third kappa shape index (κ3) is 4.62. The number of nitrogens with one attached hydrogen (secondary N) is 2. The van der Waals surface area contributed by atoms with Gasteiger partial charge in [-0.15, -0.1) is 0 Å². The Morgan fingerprint density at radius 1 is 1.00 bits per heavy atom. The third-order valence-corrected chi connectivity index (χ3v) is 6.85. The first kappa shape index (κ1) is 21.9. The number of sulfonamides is 1. The molecule has 1 atom stereocenters. The number of ether oxygens (including phenoxy) is 1. The van der Waals surface area contributed by atoms with Crippen LogP contribution in [0.4, 0.5) is 0 Å². The van der Waals surface area contributed by atoms with Crippen molar-refractivity contribution in [3.63, 3.8) is 0 Å². The van der Waals surface area contributed by atoms with Crippen molar-refractivity contribution in [2.75, 3.05) is 7.11 Å². The van der Waals surface area contributed by atoms with Crippen molar-refractivity contribution < 1.29 is 17.9 Å². The molecule has 0 aliphatic rings. The largest absolute Gasteiger partial charge is 0.496 e. The van der Waals surface area contributed by atoms with Crippen LogP contribution >= 0.6 is 11.7 Å². The monoisotopic (exact) mass is 468 g/mol. The summed E-state index contributed by atoms with van der Waals surface area (Å²) in [7, 11) is -2.53. The molecule has 2 N–H and O–H groups in total. The van der Waals surface area contributed by atoms with Gasteiger partial charge in [-0.3, -0.25) is 4.79 Å². The van der Waals surface area contributed by atoms with E-state index in [0.29, 0.717) is 16.8 Å². The Labute approximate surface area is 189 Å². The van der Waals surface area contributed by atoms with E-state index < -0.39 is 22.0 Å². The van der Waals surface area contributed by atoms with E-state index in [2.05, 4.69) is 18.8 Å². The zero-order valence-electron chi connectivity index (χ0n) is 17.1. The molecule has 32 heavy (non-hydrogen) atoms. The fourth-order valence-corrected chi connectivity index (χ4v) is 5.22. The summed E-state index contributed by atoms with van der Waals surface area (Å²) in [5.74, 6) is 0.140. The van der Waals surface area contributed by atoms with Crippen molar-refractivity contribution in [1.29, 1.82) is 0 Å². The smallest absolute Gasteiger partial charge is 0.243 e. The van der Waals surface area contributed by atoms with E-state index >= 15 is 0 Å². The number of benzene rings is 3. The molecule has 1 amide bonds. The SMILES string of the molecule is COc1ccccc1CNC(=O)[C@H](NS(=O)(=O)c1cccc2nsnc12)c1ccccc1. The summed E-state index contributed by atoms with van der Waals surface area (Å²) in [5.41, 5.74) is 2.04. The number of carbonyl (C=O) groups is 1. The number of nitrogens with zero attached hydrogens (tertiary/aromatic N) is 2. The van der Waals surface area contributed by atoms with E-state index in [9.17, 15) is 13.2 Å². The average molecular weight is 469 g/mol. The normalized spacial score (nSPS) is 12.4. The summed E-state index contributed by atoms with van der Waals surface area (Å²) in [6, 6.07) is 19.6. The molecule has 164 valence electrons. The number of aromatic nitrogens is 2. The molecule has 3 aromatic carbocycles. The second-order valence-electron chi connectivity index (χ2n) is 6.88. The van der Waals surface area contributed by atoms with Gasteiger partial charge in [-0.25, -0.2) is 8.42 Å². The van der Waals surface area contributed by atoms with Crippen LogP contribution in [0, 0.1) is 0 Å². The van der Waals surface area contributed by atoms with Gasteiger partial charge in [0.15, 0.2) is 0 Å². The van der Waals surface area contributed by atoms with Crippen LogP contribution in [-0.2, 0) is 21.4 Å². The molecular weight excluding hydrogens is 448 g/mol. The van der Waals surface area contributed by atoms with Crippen molar-refractivity contribution in [3.8, 4) is 5.75 Å². The minimum Gasteiger partial charge on any atom is -0.496 e. The summed E-state index contributed by atoms with van der Waals surface area (Å²) < 4.78 is 42.5. The van der Waals surface area contributed by atoms with Crippen LogP contribution < -0.4 is 14.8 Å². The first-order valence-corrected chi connectivity index (χ1v) is 11.9. The van der Waals surface area contributed by atoms with Crippen LogP contribution in [0.25, 0.3) is 11.0 Å². The summed E-state index contributed by atoms with van der Waals surface area (Å²) in [6.07, 6.45) is 0.